The minimum absolute atomic E-state index is 0.373. The molecule has 0 aliphatic carbocycles. The Morgan fingerprint density at radius 3 is 2.65 bits per heavy atom. The third-order valence-corrected chi connectivity index (χ3v) is 2.85. The number of hydrogen-bond acceptors (Lipinski definition) is 3. The minimum Gasteiger partial charge on any atom is -0.463 e. The van der Waals surface area contributed by atoms with Gasteiger partial charge in [-0.1, -0.05) is 32.6 Å². The second-order valence-electron chi connectivity index (χ2n) is 4.37. The highest BCUT2D eigenvalue weighted by atomic mass is 16.5. The predicted octanol–water partition coefficient (Wildman–Crippen LogP) is 3.89. The van der Waals surface area contributed by atoms with Crippen LogP contribution in [0.3, 0.4) is 0 Å². The first kappa shape index (κ1) is 13.8. The van der Waals surface area contributed by atoms with Crippen molar-refractivity contribution in [2.45, 2.75) is 52.4 Å². The van der Waals surface area contributed by atoms with Crippen molar-refractivity contribution < 1.29 is 13.9 Å². The molecule has 0 saturated carbocycles. The number of furan rings is 1. The van der Waals surface area contributed by atoms with E-state index in [9.17, 15) is 4.79 Å². The predicted molar refractivity (Wildman–Crippen MR) is 67.2 cm³/mol. The van der Waals surface area contributed by atoms with Gasteiger partial charge < -0.3 is 9.15 Å². The van der Waals surface area contributed by atoms with Gasteiger partial charge in [0.15, 0.2) is 0 Å². The van der Waals surface area contributed by atoms with E-state index in [0.29, 0.717) is 5.76 Å². The van der Waals surface area contributed by atoms with E-state index in [1.165, 1.54) is 32.8 Å². The number of carbonyl (C=O) groups excluding carboxylic acids is 1. The van der Waals surface area contributed by atoms with Gasteiger partial charge >= 0.3 is 5.97 Å². The molecule has 0 spiro atoms. The lowest BCUT2D eigenvalue weighted by Crippen LogP contribution is -2.03. The van der Waals surface area contributed by atoms with E-state index in [1.54, 1.807) is 0 Å². The van der Waals surface area contributed by atoms with Gasteiger partial charge in [0.05, 0.1) is 7.11 Å². The van der Waals surface area contributed by atoms with Gasteiger partial charge in [0.1, 0.15) is 5.76 Å². The maximum atomic E-state index is 11.5. The Morgan fingerprint density at radius 2 is 2.00 bits per heavy atom. The van der Waals surface area contributed by atoms with Crippen molar-refractivity contribution in [3.05, 3.63) is 23.2 Å². The first-order valence-corrected chi connectivity index (χ1v) is 6.36. The summed E-state index contributed by atoms with van der Waals surface area (Å²) in [6.45, 7) is 4.06. The zero-order valence-electron chi connectivity index (χ0n) is 11.0. The van der Waals surface area contributed by atoms with Crippen LogP contribution in [0.5, 0.6) is 0 Å². The highest BCUT2D eigenvalue weighted by Gasteiger charge is 2.16. The second-order valence-corrected chi connectivity index (χ2v) is 4.37. The molecule has 0 aliphatic heterocycles. The minimum atomic E-state index is -0.373. The van der Waals surface area contributed by atoms with Crippen LogP contribution in [0.1, 0.15) is 60.9 Å². The number of esters is 1. The first-order chi connectivity index (χ1) is 8.19. The Morgan fingerprint density at radius 1 is 1.29 bits per heavy atom. The standard InChI is InChI=1S/C14H22O3/c1-4-5-6-7-8-9-12-10-11(2)17-13(12)14(15)16-3/h10H,4-9H2,1-3H3. The van der Waals surface area contributed by atoms with Gasteiger partial charge in [-0.3, -0.25) is 0 Å². The fourth-order valence-electron chi connectivity index (χ4n) is 1.94. The Hall–Kier alpha value is -1.25. The molecule has 1 heterocycles. The number of rotatable bonds is 7. The van der Waals surface area contributed by atoms with Gasteiger partial charge in [-0.2, -0.15) is 0 Å². The molecule has 3 nitrogen and oxygen atoms in total. The van der Waals surface area contributed by atoms with Crippen molar-refractivity contribution in [3.8, 4) is 0 Å². The van der Waals surface area contributed by atoms with Crippen LogP contribution in [0.25, 0.3) is 0 Å². The molecule has 17 heavy (non-hydrogen) atoms. The summed E-state index contributed by atoms with van der Waals surface area (Å²) in [5, 5.41) is 0. The van der Waals surface area contributed by atoms with Crippen LogP contribution in [-0.2, 0) is 11.2 Å². The van der Waals surface area contributed by atoms with Crippen LogP contribution in [0.15, 0.2) is 10.5 Å². The smallest absolute Gasteiger partial charge is 0.374 e. The molecular weight excluding hydrogens is 216 g/mol. The molecule has 0 aromatic carbocycles. The summed E-state index contributed by atoms with van der Waals surface area (Å²) in [5.41, 5.74) is 0.978. The van der Waals surface area contributed by atoms with Gasteiger partial charge in [-0.15, -0.1) is 0 Å². The fraction of sp³-hybridized carbons (Fsp3) is 0.643. The molecule has 0 fully saturated rings. The van der Waals surface area contributed by atoms with E-state index >= 15 is 0 Å². The maximum Gasteiger partial charge on any atom is 0.374 e. The zero-order chi connectivity index (χ0) is 12.7. The molecule has 96 valence electrons. The van der Waals surface area contributed by atoms with Gasteiger partial charge in [0.25, 0.3) is 0 Å². The van der Waals surface area contributed by atoms with Crippen molar-refractivity contribution in [1.29, 1.82) is 0 Å². The van der Waals surface area contributed by atoms with Crippen LogP contribution in [-0.4, -0.2) is 13.1 Å². The third-order valence-electron chi connectivity index (χ3n) is 2.85. The quantitative estimate of drug-likeness (QED) is 0.534. The van der Waals surface area contributed by atoms with Crippen molar-refractivity contribution in [2.24, 2.45) is 0 Å². The Balaban J connectivity index is 2.49. The topological polar surface area (TPSA) is 39.4 Å². The van der Waals surface area contributed by atoms with Crippen molar-refractivity contribution in [1.82, 2.24) is 0 Å². The van der Waals surface area contributed by atoms with Gasteiger partial charge in [0.2, 0.25) is 5.76 Å². The third kappa shape index (κ3) is 4.25. The van der Waals surface area contributed by atoms with E-state index in [4.69, 9.17) is 9.15 Å². The highest BCUT2D eigenvalue weighted by molar-refractivity contribution is 5.88. The largest absolute Gasteiger partial charge is 0.463 e. The summed E-state index contributed by atoms with van der Waals surface area (Å²) in [6.07, 6.45) is 7.00. The van der Waals surface area contributed by atoms with Gasteiger partial charge in [-0.25, -0.2) is 4.79 Å². The summed E-state index contributed by atoms with van der Waals surface area (Å²) in [4.78, 5) is 11.5. The molecule has 0 N–H and O–H groups in total. The van der Waals surface area contributed by atoms with Crippen LogP contribution < -0.4 is 0 Å². The van der Waals surface area contributed by atoms with Crippen LogP contribution >= 0.6 is 0 Å². The maximum absolute atomic E-state index is 11.5. The van der Waals surface area contributed by atoms with Crippen LogP contribution in [0.2, 0.25) is 0 Å². The average molecular weight is 238 g/mol. The van der Waals surface area contributed by atoms with E-state index in [-0.39, 0.29) is 5.97 Å². The van der Waals surface area contributed by atoms with E-state index < -0.39 is 0 Å². The monoisotopic (exact) mass is 238 g/mol. The molecule has 3 heteroatoms. The fourth-order valence-corrected chi connectivity index (χ4v) is 1.94. The molecule has 1 rings (SSSR count). The summed E-state index contributed by atoms with van der Waals surface area (Å²) in [5.74, 6) is 0.774. The van der Waals surface area contributed by atoms with Crippen LogP contribution in [0, 0.1) is 6.92 Å². The molecule has 0 atom stereocenters. The normalized spacial score (nSPS) is 10.5. The number of ether oxygens (including phenoxy) is 1. The number of carbonyl (C=O) groups is 1. The summed E-state index contributed by atoms with van der Waals surface area (Å²) < 4.78 is 10.1. The highest BCUT2D eigenvalue weighted by Crippen LogP contribution is 2.19. The lowest BCUT2D eigenvalue weighted by atomic mass is 10.1. The molecule has 1 aromatic heterocycles. The second kappa shape index (κ2) is 7.15. The van der Waals surface area contributed by atoms with Crippen molar-refractivity contribution in [2.75, 3.05) is 7.11 Å². The number of unbranched alkanes of at least 4 members (excludes halogenated alkanes) is 4. The molecule has 0 bridgehead atoms. The molecule has 0 aliphatic rings. The summed E-state index contributed by atoms with van der Waals surface area (Å²) >= 11 is 0. The summed E-state index contributed by atoms with van der Waals surface area (Å²) in [6, 6.07) is 1.94. The average Bonchev–Trinajstić information content (AvgIpc) is 2.69. The lowest BCUT2D eigenvalue weighted by molar-refractivity contribution is 0.0562. The van der Waals surface area contributed by atoms with Gasteiger partial charge in [0, 0.05) is 5.56 Å². The molecular formula is C14H22O3. The van der Waals surface area contributed by atoms with E-state index in [2.05, 4.69) is 6.92 Å². The molecule has 1 aromatic rings. The number of hydrogen-bond donors (Lipinski definition) is 0. The van der Waals surface area contributed by atoms with Crippen LogP contribution in [0.4, 0.5) is 0 Å². The zero-order valence-corrected chi connectivity index (χ0v) is 11.0. The number of aryl methyl sites for hydroxylation is 2. The Bertz CT molecular complexity index is 352. The molecule has 0 unspecified atom stereocenters. The molecule has 0 amide bonds. The van der Waals surface area contributed by atoms with Crippen molar-refractivity contribution in [3.63, 3.8) is 0 Å². The van der Waals surface area contributed by atoms with E-state index in [0.717, 1.165) is 24.2 Å². The Labute approximate surface area is 103 Å². The summed E-state index contributed by atoms with van der Waals surface area (Å²) in [7, 11) is 1.38. The van der Waals surface area contributed by atoms with E-state index in [1.807, 2.05) is 13.0 Å². The number of methoxy groups -OCH3 is 1. The molecule has 0 saturated heterocycles. The molecule has 0 radical (unpaired) electrons. The lowest BCUT2D eigenvalue weighted by Gasteiger charge is -2.01. The first-order valence-electron chi connectivity index (χ1n) is 6.36. The Kier molecular flexibility index (Phi) is 5.81. The van der Waals surface area contributed by atoms with Gasteiger partial charge in [-0.05, 0) is 25.8 Å². The van der Waals surface area contributed by atoms with Crippen molar-refractivity contribution >= 4 is 5.97 Å². The SMILES string of the molecule is CCCCCCCc1cc(C)oc1C(=O)OC.